The van der Waals surface area contributed by atoms with Crippen LogP contribution < -0.4 is 10.5 Å². The van der Waals surface area contributed by atoms with Crippen molar-refractivity contribution in [1.82, 2.24) is 0 Å². The van der Waals surface area contributed by atoms with E-state index in [0.29, 0.717) is 6.61 Å². The van der Waals surface area contributed by atoms with E-state index >= 15 is 0 Å². The highest BCUT2D eigenvalue weighted by molar-refractivity contribution is 6.32. The summed E-state index contributed by atoms with van der Waals surface area (Å²) in [6, 6.07) is 2.17. The third kappa shape index (κ3) is 3.36. The Kier molecular flexibility index (Phi) is 5.29. The normalized spacial score (nSPS) is 12.6. The van der Waals surface area contributed by atoms with E-state index in [9.17, 15) is 0 Å². The summed E-state index contributed by atoms with van der Waals surface area (Å²) in [5, 5.41) is 0.826. The number of hydrogen-bond donors (Lipinski definition) is 1. The quantitative estimate of drug-likeness (QED) is 0.872. The molecule has 0 aliphatic carbocycles. The molecule has 0 bridgehead atoms. The van der Waals surface area contributed by atoms with Crippen molar-refractivity contribution < 1.29 is 4.74 Å². The van der Waals surface area contributed by atoms with E-state index in [1.807, 2.05) is 26.8 Å². The lowest BCUT2D eigenvalue weighted by atomic mass is 9.97. The van der Waals surface area contributed by atoms with Gasteiger partial charge in [-0.15, -0.1) is 0 Å². The minimum absolute atomic E-state index is 0.159. The summed E-state index contributed by atoms with van der Waals surface area (Å²) in [5.74, 6) is 0.927. The minimum Gasteiger partial charge on any atom is -0.494 e. The number of ether oxygens (including phenoxy) is 1. The first-order valence-electron chi connectivity index (χ1n) is 6.18. The highest BCUT2D eigenvalue weighted by Crippen LogP contribution is 2.32. The van der Waals surface area contributed by atoms with Crippen molar-refractivity contribution >= 4 is 11.6 Å². The fourth-order valence-corrected chi connectivity index (χ4v) is 2.07. The van der Waals surface area contributed by atoms with Gasteiger partial charge in [-0.3, -0.25) is 0 Å². The second kappa shape index (κ2) is 6.27. The van der Waals surface area contributed by atoms with Gasteiger partial charge in [-0.05, 0) is 50.8 Å². The Morgan fingerprint density at radius 1 is 1.35 bits per heavy atom. The third-order valence-electron chi connectivity index (χ3n) is 3.06. The molecule has 1 unspecified atom stereocenters. The second-order valence-electron chi connectivity index (χ2n) is 4.41. The number of hydrogen-bond acceptors (Lipinski definition) is 2. The zero-order valence-electron chi connectivity index (χ0n) is 11.1. The predicted octanol–water partition coefficient (Wildman–Crippen LogP) is 3.64. The first kappa shape index (κ1) is 14.3. The molecule has 2 nitrogen and oxygen atoms in total. The number of benzene rings is 1. The van der Waals surface area contributed by atoms with Gasteiger partial charge < -0.3 is 10.5 Å². The summed E-state index contributed by atoms with van der Waals surface area (Å²) in [5.41, 5.74) is 9.33. The summed E-state index contributed by atoms with van der Waals surface area (Å²) in [7, 11) is 0. The van der Waals surface area contributed by atoms with Crippen LogP contribution >= 0.6 is 11.6 Å². The molecule has 1 atom stereocenters. The molecule has 0 aliphatic heterocycles. The minimum atomic E-state index is 0.159. The Balaban J connectivity index is 3.18. The van der Waals surface area contributed by atoms with Crippen LogP contribution in [0.25, 0.3) is 0 Å². The molecule has 0 amide bonds. The van der Waals surface area contributed by atoms with E-state index in [0.717, 1.165) is 40.3 Å². The zero-order valence-corrected chi connectivity index (χ0v) is 11.9. The van der Waals surface area contributed by atoms with Gasteiger partial charge in [0, 0.05) is 16.6 Å². The fourth-order valence-electron chi connectivity index (χ4n) is 1.90. The highest BCUT2D eigenvalue weighted by Gasteiger charge is 2.15. The van der Waals surface area contributed by atoms with Crippen LogP contribution in [0.2, 0.25) is 5.02 Å². The van der Waals surface area contributed by atoms with Crippen LogP contribution in [0.4, 0.5) is 0 Å². The Morgan fingerprint density at radius 2 is 2.00 bits per heavy atom. The van der Waals surface area contributed by atoms with Crippen LogP contribution in [-0.4, -0.2) is 12.6 Å². The van der Waals surface area contributed by atoms with E-state index in [1.54, 1.807) is 0 Å². The largest absolute Gasteiger partial charge is 0.494 e. The first-order chi connectivity index (χ1) is 8.01. The van der Waals surface area contributed by atoms with Crippen LogP contribution in [-0.2, 0) is 6.42 Å². The Morgan fingerprint density at radius 3 is 2.53 bits per heavy atom. The van der Waals surface area contributed by atoms with E-state index in [1.165, 1.54) is 0 Å². The molecule has 1 rings (SSSR count). The first-order valence-corrected chi connectivity index (χ1v) is 6.55. The van der Waals surface area contributed by atoms with Gasteiger partial charge in [0.1, 0.15) is 5.75 Å². The fraction of sp³-hybridized carbons (Fsp3) is 0.571. The molecule has 0 saturated carbocycles. The van der Waals surface area contributed by atoms with Gasteiger partial charge in [0.2, 0.25) is 0 Å². The molecule has 0 spiro atoms. The van der Waals surface area contributed by atoms with E-state index < -0.39 is 0 Å². The van der Waals surface area contributed by atoms with Gasteiger partial charge >= 0.3 is 0 Å². The van der Waals surface area contributed by atoms with Crippen LogP contribution in [0.3, 0.4) is 0 Å². The van der Waals surface area contributed by atoms with Crippen molar-refractivity contribution in [1.29, 1.82) is 0 Å². The summed E-state index contributed by atoms with van der Waals surface area (Å²) < 4.78 is 5.68. The van der Waals surface area contributed by atoms with Gasteiger partial charge in [0.25, 0.3) is 0 Å². The molecule has 96 valence electrons. The van der Waals surface area contributed by atoms with Crippen molar-refractivity contribution in [3.63, 3.8) is 0 Å². The van der Waals surface area contributed by atoms with Crippen molar-refractivity contribution in [2.24, 2.45) is 5.73 Å². The van der Waals surface area contributed by atoms with E-state index in [2.05, 4.69) is 6.92 Å². The average molecular weight is 256 g/mol. The van der Waals surface area contributed by atoms with Crippen LogP contribution in [0.5, 0.6) is 5.75 Å². The monoisotopic (exact) mass is 255 g/mol. The van der Waals surface area contributed by atoms with Crippen molar-refractivity contribution in [3.05, 3.63) is 27.8 Å². The Labute approximate surface area is 109 Å². The summed E-state index contributed by atoms with van der Waals surface area (Å²) >= 11 is 6.29. The Hall–Kier alpha value is -0.730. The smallest absolute Gasteiger partial charge is 0.123 e. The topological polar surface area (TPSA) is 35.2 Å². The predicted molar refractivity (Wildman–Crippen MR) is 74.1 cm³/mol. The van der Waals surface area contributed by atoms with Gasteiger partial charge in [-0.2, -0.15) is 0 Å². The molecule has 1 aromatic carbocycles. The maximum Gasteiger partial charge on any atom is 0.123 e. The zero-order chi connectivity index (χ0) is 13.0. The third-order valence-corrected chi connectivity index (χ3v) is 3.65. The SMILES string of the molecule is CCOc1cc(C)c(Cl)c(C)c1CC(N)CC. The second-order valence-corrected chi connectivity index (χ2v) is 4.79. The molecule has 0 fully saturated rings. The molecular formula is C14H22ClNO. The van der Waals surface area contributed by atoms with Crippen molar-refractivity contribution in [2.45, 2.75) is 46.6 Å². The van der Waals surface area contributed by atoms with Crippen molar-refractivity contribution in [3.8, 4) is 5.75 Å². The molecular weight excluding hydrogens is 234 g/mol. The molecule has 0 saturated heterocycles. The maximum absolute atomic E-state index is 6.29. The van der Waals surface area contributed by atoms with E-state index in [-0.39, 0.29) is 6.04 Å². The van der Waals surface area contributed by atoms with Crippen molar-refractivity contribution in [2.75, 3.05) is 6.61 Å². The molecule has 0 heterocycles. The lowest BCUT2D eigenvalue weighted by molar-refractivity contribution is 0.335. The number of aryl methyl sites for hydroxylation is 1. The molecule has 1 aromatic rings. The van der Waals surface area contributed by atoms with Gasteiger partial charge in [0.05, 0.1) is 6.61 Å². The lowest BCUT2D eigenvalue weighted by Gasteiger charge is -2.18. The summed E-state index contributed by atoms with van der Waals surface area (Å²) in [6.07, 6.45) is 1.77. The molecule has 0 aliphatic rings. The molecule has 0 aromatic heterocycles. The average Bonchev–Trinajstić information content (AvgIpc) is 2.31. The van der Waals surface area contributed by atoms with Crippen LogP contribution in [0.15, 0.2) is 6.07 Å². The lowest BCUT2D eigenvalue weighted by Crippen LogP contribution is -2.22. The number of rotatable bonds is 5. The summed E-state index contributed by atoms with van der Waals surface area (Å²) in [6.45, 7) is 8.78. The number of halogens is 1. The van der Waals surface area contributed by atoms with Crippen LogP contribution in [0, 0.1) is 13.8 Å². The van der Waals surface area contributed by atoms with Gasteiger partial charge in [-0.1, -0.05) is 18.5 Å². The summed E-state index contributed by atoms with van der Waals surface area (Å²) in [4.78, 5) is 0. The van der Waals surface area contributed by atoms with Gasteiger partial charge in [-0.25, -0.2) is 0 Å². The van der Waals surface area contributed by atoms with E-state index in [4.69, 9.17) is 22.1 Å². The van der Waals surface area contributed by atoms with Gasteiger partial charge in [0.15, 0.2) is 0 Å². The molecule has 2 N–H and O–H groups in total. The molecule has 17 heavy (non-hydrogen) atoms. The number of nitrogens with two attached hydrogens (primary N) is 1. The Bertz CT molecular complexity index is 390. The van der Waals surface area contributed by atoms with Crippen LogP contribution in [0.1, 0.15) is 37.0 Å². The highest BCUT2D eigenvalue weighted by atomic mass is 35.5. The standard InChI is InChI=1S/C14H22ClNO/c1-5-11(16)8-12-10(4)14(15)9(3)7-13(12)17-6-2/h7,11H,5-6,8,16H2,1-4H3. The molecule has 3 heteroatoms. The maximum atomic E-state index is 6.29. The molecule has 0 radical (unpaired) electrons.